The van der Waals surface area contributed by atoms with Gasteiger partial charge in [-0.05, 0) is 18.8 Å². The van der Waals surface area contributed by atoms with Crippen molar-refractivity contribution in [1.82, 2.24) is 19.7 Å². The lowest BCUT2D eigenvalue weighted by Gasteiger charge is -2.29. The van der Waals surface area contributed by atoms with Gasteiger partial charge in [0.1, 0.15) is 6.33 Å². The van der Waals surface area contributed by atoms with Crippen LogP contribution in [0, 0.1) is 5.92 Å². The smallest absolute Gasteiger partial charge is 0.312 e. The van der Waals surface area contributed by atoms with Gasteiger partial charge in [0.25, 0.3) is 0 Å². The summed E-state index contributed by atoms with van der Waals surface area (Å²) in [5.41, 5.74) is -0.0384. The monoisotopic (exact) mass is 238 g/mol. The fourth-order valence-electron chi connectivity index (χ4n) is 2.55. The van der Waals surface area contributed by atoms with E-state index in [1.54, 1.807) is 13.4 Å². The fourth-order valence-corrected chi connectivity index (χ4v) is 2.55. The van der Waals surface area contributed by atoms with Crippen molar-refractivity contribution in [3.8, 4) is 0 Å². The zero-order valence-corrected chi connectivity index (χ0v) is 10.7. The molecule has 0 radical (unpaired) electrons. The second kappa shape index (κ2) is 5.49. The Hall–Kier alpha value is -1.10. The third-order valence-corrected chi connectivity index (χ3v) is 3.73. The Morgan fingerprint density at radius 1 is 1.47 bits per heavy atom. The highest BCUT2D eigenvalue weighted by atomic mass is 16.2. The van der Waals surface area contributed by atoms with Gasteiger partial charge in [0.2, 0.25) is 0 Å². The molecule has 0 bridgehead atoms. The van der Waals surface area contributed by atoms with Crippen LogP contribution in [-0.4, -0.2) is 26.9 Å². The summed E-state index contributed by atoms with van der Waals surface area (Å²) in [7, 11) is 1.72. The zero-order valence-electron chi connectivity index (χ0n) is 10.7. The van der Waals surface area contributed by atoms with Gasteiger partial charge in [0.15, 0.2) is 0 Å². The molecular weight excluding hydrogens is 216 g/mol. The Balaban J connectivity index is 1.79. The Morgan fingerprint density at radius 3 is 2.88 bits per heavy atom. The molecule has 96 valence electrons. The molecule has 17 heavy (non-hydrogen) atoms. The molecule has 5 nitrogen and oxygen atoms in total. The van der Waals surface area contributed by atoms with Crippen LogP contribution in [0.4, 0.5) is 0 Å². The van der Waals surface area contributed by atoms with Crippen molar-refractivity contribution in [2.75, 3.05) is 6.54 Å². The van der Waals surface area contributed by atoms with Crippen LogP contribution < -0.4 is 11.0 Å². The number of hydrogen-bond acceptors (Lipinski definition) is 3. The zero-order chi connectivity index (χ0) is 12.3. The van der Waals surface area contributed by atoms with Gasteiger partial charge in [0.05, 0.1) is 6.54 Å². The Labute approximate surface area is 102 Å². The molecule has 1 fully saturated rings. The van der Waals surface area contributed by atoms with Gasteiger partial charge in [0, 0.05) is 19.6 Å². The third kappa shape index (κ3) is 2.97. The quantitative estimate of drug-likeness (QED) is 0.842. The van der Waals surface area contributed by atoms with E-state index in [2.05, 4.69) is 17.3 Å². The van der Waals surface area contributed by atoms with E-state index in [-0.39, 0.29) is 5.69 Å². The molecule has 1 aromatic rings. The molecule has 1 aliphatic rings. The van der Waals surface area contributed by atoms with E-state index in [4.69, 9.17) is 0 Å². The summed E-state index contributed by atoms with van der Waals surface area (Å²) in [6, 6.07) is 0.614. The standard InChI is InChI=1S/C12H22N4O/c1-10-5-3-4-6-11(10)13-7-8-16-12(17)15(2)9-14-16/h9-11,13H,3-8H2,1-2H3. The van der Waals surface area contributed by atoms with Crippen LogP contribution in [0.3, 0.4) is 0 Å². The number of aryl methyl sites for hydroxylation is 1. The Bertz CT molecular complexity index is 409. The van der Waals surface area contributed by atoms with Crippen LogP contribution in [0.5, 0.6) is 0 Å². The minimum atomic E-state index is -0.0384. The number of nitrogens with one attached hydrogen (secondary N) is 1. The number of hydrogen-bond donors (Lipinski definition) is 1. The molecule has 1 aromatic heterocycles. The van der Waals surface area contributed by atoms with Crippen LogP contribution in [0.15, 0.2) is 11.1 Å². The molecular formula is C12H22N4O. The number of aromatic nitrogens is 3. The second-order valence-electron chi connectivity index (χ2n) is 5.07. The topological polar surface area (TPSA) is 51.9 Å². The first kappa shape index (κ1) is 12.4. The van der Waals surface area contributed by atoms with Crippen molar-refractivity contribution in [2.45, 2.75) is 45.2 Å². The van der Waals surface area contributed by atoms with Crippen molar-refractivity contribution < 1.29 is 0 Å². The summed E-state index contributed by atoms with van der Waals surface area (Å²) in [6.07, 6.45) is 6.83. The van der Waals surface area contributed by atoms with Crippen molar-refractivity contribution in [3.05, 3.63) is 16.8 Å². The van der Waals surface area contributed by atoms with Crippen LogP contribution in [0.2, 0.25) is 0 Å². The Morgan fingerprint density at radius 2 is 2.24 bits per heavy atom. The lowest BCUT2D eigenvalue weighted by atomic mass is 9.86. The molecule has 0 saturated heterocycles. The molecule has 2 rings (SSSR count). The third-order valence-electron chi connectivity index (χ3n) is 3.73. The highest BCUT2D eigenvalue weighted by molar-refractivity contribution is 4.78. The molecule has 1 aliphatic carbocycles. The summed E-state index contributed by atoms with van der Waals surface area (Å²) in [5, 5.41) is 7.59. The summed E-state index contributed by atoms with van der Waals surface area (Å²) in [5.74, 6) is 0.754. The van der Waals surface area contributed by atoms with Crippen LogP contribution in [0.1, 0.15) is 32.6 Å². The lowest BCUT2D eigenvalue weighted by molar-refractivity contribution is 0.276. The van der Waals surface area contributed by atoms with Crippen molar-refractivity contribution in [2.24, 2.45) is 13.0 Å². The van der Waals surface area contributed by atoms with E-state index in [1.165, 1.54) is 34.9 Å². The minimum Gasteiger partial charge on any atom is -0.312 e. The number of rotatable bonds is 4. The molecule has 0 aliphatic heterocycles. The van der Waals surface area contributed by atoms with E-state index in [9.17, 15) is 4.79 Å². The maximum atomic E-state index is 11.6. The average Bonchev–Trinajstić information content (AvgIpc) is 2.63. The first-order chi connectivity index (χ1) is 8.18. The summed E-state index contributed by atoms with van der Waals surface area (Å²) in [4.78, 5) is 11.6. The molecule has 2 unspecified atom stereocenters. The molecule has 0 amide bonds. The molecule has 2 atom stereocenters. The van der Waals surface area contributed by atoms with Gasteiger partial charge in [-0.2, -0.15) is 5.10 Å². The van der Waals surface area contributed by atoms with E-state index < -0.39 is 0 Å². The highest BCUT2D eigenvalue weighted by Gasteiger charge is 2.20. The van der Waals surface area contributed by atoms with Crippen molar-refractivity contribution >= 4 is 0 Å². The largest absolute Gasteiger partial charge is 0.345 e. The molecule has 1 N–H and O–H groups in total. The van der Waals surface area contributed by atoms with E-state index in [1.807, 2.05) is 0 Å². The predicted octanol–water partition coefficient (Wildman–Crippen LogP) is 0.750. The van der Waals surface area contributed by atoms with Gasteiger partial charge < -0.3 is 5.32 Å². The van der Waals surface area contributed by atoms with Gasteiger partial charge >= 0.3 is 5.69 Å². The predicted molar refractivity (Wildman–Crippen MR) is 66.9 cm³/mol. The number of nitrogens with zero attached hydrogens (tertiary/aromatic N) is 3. The molecule has 1 heterocycles. The molecule has 5 heteroatoms. The maximum absolute atomic E-state index is 11.6. The van der Waals surface area contributed by atoms with E-state index in [0.717, 1.165) is 12.5 Å². The van der Waals surface area contributed by atoms with Gasteiger partial charge in [-0.15, -0.1) is 0 Å². The summed E-state index contributed by atoms with van der Waals surface area (Å²) >= 11 is 0. The molecule has 0 spiro atoms. The lowest BCUT2D eigenvalue weighted by Crippen LogP contribution is -2.40. The fraction of sp³-hybridized carbons (Fsp3) is 0.833. The first-order valence-corrected chi connectivity index (χ1v) is 6.50. The normalized spacial score (nSPS) is 25.1. The highest BCUT2D eigenvalue weighted by Crippen LogP contribution is 2.23. The van der Waals surface area contributed by atoms with Crippen LogP contribution in [-0.2, 0) is 13.6 Å². The summed E-state index contributed by atoms with van der Waals surface area (Å²) < 4.78 is 3.02. The Kier molecular flexibility index (Phi) is 3.99. The molecule has 0 aromatic carbocycles. The maximum Gasteiger partial charge on any atom is 0.345 e. The van der Waals surface area contributed by atoms with Gasteiger partial charge in [-0.25, -0.2) is 9.48 Å². The minimum absolute atomic E-state index is 0.0384. The average molecular weight is 238 g/mol. The van der Waals surface area contributed by atoms with E-state index in [0.29, 0.717) is 12.6 Å². The van der Waals surface area contributed by atoms with Gasteiger partial charge in [-0.1, -0.05) is 19.8 Å². The second-order valence-corrected chi connectivity index (χ2v) is 5.07. The van der Waals surface area contributed by atoms with E-state index >= 15 is 0 Å². The van der Waals surface area contributed by atoms with Crippen LogP contribution >= 0.6 is 0 Å². The molecule has 1 saturated carbocycles. The van der Waals surface area contributed by atoms with Crippen molar-refractivity contribution in [3.63, 3.8) is 0 Å². The SMILES string of the molecule is CC1CCCCC1NCCn1ncn(C)c1=O. The van der Waals surface area contributed by atoms with Gasteiger partial charge in [-0.3, -0.25) is 4.57 Å². The van der Waals surface area contributed by atoms with Crippen molar-refractivity contribution in [1.29, 1.82) is 0 Å². The summed E-state index contributed by atoms with van der Waals surface area (Å²) in [6.45, 7) is 3.79. The first-order valence-electron chi connectivity index (χ1n) is 6.50. The van der Waals surface area contributed by atoms with Crippen LogP contribution in [0.25, 0.3) is 0 Å².